The van der Waals surface area contributed by atoms with Crippen molar-refractivity contribution >= 4 is 5.97 Å². The second-order valence-corrected chi connectivity index (χ2v) is 13.5. The molecule has 2 aromatic carbocycles. The fraction of sp³-hybridized carbons (Fsp3) is 0.605. The molecule has 0 saturated carbocycles. The first-order valence-corrected chi connectivity index (χ1v) is 16.3. The van der Waals surface area contributed by atoms with Gasteiger partial charge in [-0.2, -0.15) is 0 Å². The van der Waals surface area contributed by atoms with E-state index in [1.54, 1.807) is 6.92 Å². The lowest BCUT2D eigenvalue weighted by molar-refractivity contribution is -0.130. The van der Waals surface area contributed by atoms with Crippen LogP contribution in [0.15, 0.2) is 12.2 Å². The molecule has 4 rings (SSSR count). The fourth-order valence-electron chi connectivity index (χ4n) is 6.36. The van der Waals surface area contributed by atoms with Gasteiger partial charge in [0.25, 0.3) is 0 Å². The van der Waals surface area contributed by atoms with E-state index >= 15 is 0 Å². The Balaban J connectivity index is 0.000000242. The highest BCUT2D eigenvalue weighted by Crippen LogP contribution is 2.46. The highest BCUT2D eigenvalue weighted by Gasteiger charge is 2.35. The minimum atomic E-state index is -0.370. The molecule has 0 aromatic heterocycles. The van der Waals surface area contributed by atoms with Gasteiger partial charge in [0, 0.05) is 16.7 Å². The van der Waals surface area contributed by atoms with Gasteiger partial charge in [-0.25, -0.2) is 4.79 Å². The molecule has 0 spiro atoms. The molecule has 0 aliphatic carbocycles. The maximum Gasteiger partial charge on any atom is 0.338 e. The number of hydrogen-bond acceptors (Lipinski definition) is 5. The van der Waals surface area contributed by atoms with Crippen molar-refractivity contribution in [2.45, 2.75) is 152 Å². The summed E-state index contributed by atoms with van der Waals surface area (Å²) in [6, 6.07) is 0. The average Bonchev–Trinajstić information content (AvgIpc) is 2.98. The lowest BCUT2D eigenvalue weighted by Gasteiger charge is -2.38. The molecule has 5 heteroatoms. The molecule has 0 radical (unpaired) electrons. The molecule has 2 atom stereocenters. The molecule has 2 aliphatic rings. The largest absolute Gasteiger partial charge is 0.507 e. The van der Waals surface area contributed by atoms with Crippen molar-refractivity contribution in [3.8, 4) is 23.0 Å². The Morgan fingerprint density at radius 3 is 1.65 bits per heavy atom. The van der Waals surface area contributed by atoms with E-state index in [4.69, 9.17) is 14.2 Å². The maximum absolute atomic E-state index is 12.0. The molecule has 0 bridgehead atoms. The summed E-state index contributed by atoms with van der Waals surface area (Å²) in [5.41, 5.74) is 8.76. The first-order chi connectivity index (χ1) is 20.1. The number of fused-ring (bicyclic) bond motifs is 2. The van der Waals surface area contributed by atoms with Crippen LogP contribution in [0.5, 0.6) is 23.0 Å². The zero-order valence-electron chi connectivity index (χ0n) is 28.9. The SMILES string of the molecule is C=C(C)C(=O)Oc1c(C)c(C)c2c(c1C)CC[C@@](C)(CCCC)O2.CCCC[C@]1(C)CCc2c(C)c(O)c(C)c(C)c2O1. The number of unbranched alkanes of at least 4 members (excludes halogenated alkanes) is 2. The third-order valence-electron chi connectivity index (χ3n) is 9.82. The van der Waals surface area contributed by atoms with Crippen molar-refractivity contribution in [3.05, 3.63) is 56.7 Å². The number of carbonyl (C=O) groups is 1. The van der Waals surface area contributed by atoms with E-state index in [1.807, 2.05) is 27.7 Å². The van der Waals surface area contributed by atoms with Gasteiger partial charge in [-0.1, -0.05) is 33.3 Å². The second kappa shape index (κ2) is 13.8. The van der Waals surface area contributed by atoms with Gasteiger partial charge in [0.2, 0.25) is 0 Å². The van der Waals surface area contributed by atoms with Crippen molar-refractivity contribution in [1.29, 1.82) is 0 Å². The van der Waals surface area contributed by atoms with Gasteiger partial charge in [-0.15, -0.1) is 0 Å². The van der Waals surface area contributed by atoms with Gasteiger partial charge >= 0.3 is 5.97 Å². The van der Waals surface area contributed by atoms with Crippen LogP contribution in [-0.2, 0) is 17.6 Å². The van der Waals surface area contributed by atoms with Crippen LogP contribution in [-0.4, -0.2) is 22.3 Å². The van der Waals surface area contributed by atoms with Crippen LogP contribution in [0.1, 0.15) is 130 Å². The molecule has 0 saturated heterocycles. The number of benzene rings is 2. The number of aromatic hydroxyl groups is 1. The summed E-state index contributed by atoms with van der Waals surface area (Å²) in [5.74, 6) is 2.75. The molecule has 0 fully saturated rings. The van der Waals surface area contributed by atoms with Crippen LogP contribution in [0.25, 0.3) is 0 Å². The fourth-order valence-corrected chi connectivity index (χ4v) is 6.36. The van der Waals surface area contributed by atoms with Crippen molar-refractivity contribution in [2.24, 2.45) is 0 Å². The van der Waals surface area contributed by atoms with E-state index in [1.165, 1.54) is 36.8 Å². The number of phenols is 1. The quantitative estimate of drug-likeness (QED) is 0.188. The Labute approximate surface area is 261 Å². The van der Waals surface area contributed by atoms with E-state index in [0.29, 0.717) is 17.1 Å². The van der Waals surface area contributed by atoms with E-state index < -0.39 is 0 Å². The summed E-state index contributed by atoms with van der Waals surface area (Å²) in [6.45, 7) is 26.3. The average molecular weight is 593 g/mol. The van der Waals surface area contributed by atoms with Gasteiger partial charge in [0.05, 0.1) is 0 Å². The molecule has 0 amide bonds. The Hall–Kier alpha value is -2.95. The summed E-state index contributed by atoms with van der Waals surface area (Å²) in [7, 11) is 0. The molecule has 238 valence electrons. The summed E-state index contributed by atoms with van der Waals surface area (Å²) in [5, 5.41) is 10.2. The highest BCUT2D eigenvalue weighted by atomic mass is 16.5. The lowest BCUT2D eigenvalue weighted by Crippen LogP contribution is -2.37. The number of hydrogen-bond donors (Lipinski definition) is 1. The normalized spacial score (nSPS) is 20.5. The van der Waals surface area contributed by atoms with Gasteiger partial charge in [-0.3, -0.25) is 0 Å². The predicted octanol–water partition coefficient (Wildman–Crippen LogP) is 9.96. The topological polar surface area (TPSA) is 65.0 Å². The minimum Gasteiger partial charge on any atom is -0.507 e. The number of carbonyl (C=O) groups excluding carboxylic acids is 1. The van der Waals surface area contributed by atoms with Crippen LogP contribution >= 0.6 is 0 Å². The summed E-state index contributed by atoms with van der Waals surface area (Å²) >= 11 is 0. The first-order valence-electron chi connectivity index (χ1n) is 16.3. The zero-order chi connectivity index (χ0) is 32.3. The number of esters is 1. The Morgan fingerprint density at radius 1 is 0.767 bits per heavy atom. The van der Waals surface area contributed by atoms with E-state index in [9.17, 15) is 9.90 Å². The third-order valence-corrected chi connectivity index (χ3v) is 9.82. The Kier molecular flexibility index (Phi) is 11.1. The van der Waals surface area contributed by atoms with Gasteiger partial charge in [0.1, 0.15) is 34.2 Å². The summed E-state index contributed by atoms with van der Waals surface area (Å²) < 4.78 is 18.4. The monoisotopic (exact) mass is 592 g/mol. The first kappa shape index (κ1) is 34.5. The second-order valence-electron chi connectivity index (χ2n) is 13.5. The molecule has 2 aromatic rings. The van der Waals surface area contributed by atoms with Crippen molar-refractivity contribution in [3.63, 3.8) is 0 Å². The van der Waals surface area contributed by atoms with Crippen molar-refractivity contribution in [2.75, 3.05) is 0 Å². The molecule has 43 heavy (non-hydrogen) atoms. The van der Waals surface area contributed by atoms with Gasteiger partial charge in [-0.05, 0) is 147 Å². The molecule has 2 aliphatic heterocycles. The predicted molar refractivity (Wildman–Crippen MR) is 177 cm³/mol. The molecular formula is C38H56O5. The van der Waals surface area contributed by atoms with Crippen LogP contribution in [0.4, 0.5) is 0 Å². The van der Waals surface area contributed by atoms with Crippen molar-refractivity contribution < 1.29 is 24.1 Å². The molecule has 5 nitrogen and oxygen atoms in total. The maximum atomic E-state index is 12.0. The Bertz CT molecular complexity index is 1370. The van der Waals surface area contributed by atoms with Gasteiger partial charge in [0.15, 0.2) is 0 Å². The third kappa shape index (κ3) is 7.41. The van der Waals surface area contributed by atoms with Crippen LogP contribution in [0, 0.1) is 41.5 Å². The molecule has 0 unspecified atom stereocenters. The molecule has 1 N–H and O–H groups in total. The summed E-state index contributed by atoms with van der Waals surface area (Å²) in [4.78, 5) is 12.0. The standard InChI is InChI=1S/C21H30O3.C17H26O2/c1-8-9-11-21(7)12-10-17-16(6)18(23-20(22)13(2)3)14(4)15(5)19(17)24-21;1-6-7-9-17(5)10-8-14-13(4)15(18)11(2)12(3)16(14)19-17/h2,8-12H2,1,3-7H3;18H,6-10H2,1-5H3/t21-;17-/m11/s1. The summed E-state index contributed by atoms with van der Waals surface area (Å²) in [6.07, 6.45) is 11.0. The van der Waals surface area contributed by atoms with Crippen LogP contribution in [0.2, 0.25) is 0 Å². The number of phenolic OH excluding ortho intramolecular Hbond substituents is 1. The van der Waals surface area contributed by atoms with E-state index in [2.05, 4.69) is 48.1 Å². The highest BCUT2D eigenvalue weighted by molar-refractivity contribution is 5.89. The number of ether oxygens (including phenoxy) is 3. The van der Waals surface area contributed by atoms with Crippen molar-refractivity contribution in [1.82, 2.24) is 0 Å². The minimum absolute atomic E-state index is 0.0381. The molecule has 2 heterocycles. The van der Waals surface area contributed by atoms with E-state index in [-0.39, 0.29) is 17.2 Å². The molecular weight excluding hydrogens is 536 g/mol. The lowest BCUT2D eigenvalue weighted by atomic mass is 9.85. The number of rotatable bonds is 8. The van der Waals surface area contributed by atoms with Gasteiger partial charge < -0.3 is 19.3 Å². The van der Waals surface area contributed by atoms with Crippen LogP contribution < -0.4 is 14.2 Å². The van der Waals surface area contributed by atoms with E-state index in [0.717, 1.165) is 83.4 Å². The Morgan fingerprint density at radius 2 is 1.21 bits per heavy atom. The zero-order valence-corrected chi connectivity index (χ0v) is 28.9. The van der Waals surface area contributed by atoms with Crippen LogP contribution in [0.3, 0.4) is 0 Å². The smallest absolute Gasteiger partial charge is 0.338 e.